The molecule has 0 atom stereocenters. The van der Waals surface area contributed by atoms with E-state index in [0.29, 0.717) is 32.4 Å². The number of thiazole rings is 1. The summed E-state index contributed by atoms with van der Waals surface area (Å²) in [6.45, 7) is 1.79. The normalized spacial score (nSPS) is 10.8. The fraction of sp³-hybridized carbons (Fsp3) is 0.316. The van der Waals surface area contributed by atoms with Crippen LogP contribution in [-0.4, -0.2) is 56.3 Å². The number of thioether (sulfide) groups is 1. The van der Waals surface area contributed by atoms with Crippen molar-refractivity contribution in [2.45, 2.75) is 18.7 Å². The van der Waals surface area contributed by atoms with Gasteiger partial charge >= 0.3 is 0 Å². The maximum atomic E-state index is 13.1. The second kappa shape index (κ2) is 10.3. The van der Waals surface area contributed by atoms with Crippen molar-refractivity contribution in [2.75, 3.05) is 25.2 Å². The Labute approximate surface area is 196 Å². The molecule has 0 saturated carbocycles. The summed E-state index contributed by atoms with van der Waals surface area (Å²) in [5.74, 6) is 0.0152. The Morgan fingerprint density at radius 1 is 1.34 bits per heavy atom. The van der Waals surface area contributed by atoms with Crippen LogP contribution < -0.4 is 10.1 Å². The molecular formula is C19H20ClFN6O3S2. The van der Waals surface area contributed by atoms with Gasteiger partial charge in [-0.2, -0.15) is 0 Å². The van der Waals surface area contributed by atoms with E-state index < -0.39 is 5.82 Å². The highest BCUT2D eigenvalue weighted by Crippen LogP contribution is 2.26. The molecule has 1 N–H and O–H groups in total. The molecule has 1 aromatic carbocycles. The van der Waals surface area contributed by atoms with Gasteiger partial charge in [-0.1, -0.05) is 34.7 Å². The molecule has 3 rings (SSSR count). The van der Waals surface area contributed by atoms with Gasteiger partial charge in [-0.05, 0) is 25.1 Å². The van der Waals surface area contributed by atoms with Crippen molar-refractivity contribution in [3.63, 3.8) is 0 Å². The second-order valence-electron chi connectivity index (χ2n) is 6.79. The predicted octanol–water partition coefficient (Wildman–Crippen LogP) is 3.38. The zero-order valence-electron chi connectivity index (χ0n) is 17.7. The third-order valence-corrected chi connectivity index (χ3v) is 6.53. The van der Waals surface area contributed by atoms with Crippen molar-refractivity contribution in [1.29, 1.82) is 0 Å². The van der Waals surface area contributed by atoms with E-state index in [-0.39, 0.29) is 29.2 Å². The monoisotopic (exact) mass is 498 g/mol. The molecule has 0 radical (unpaired) electrons. The molecule has 2 heterocycles. The molecule has 13 heteroatoms. The van der Waals surface area contributed by atoms with Gasteiger partial charge in [-0.25, -0.2) is 9.37 Å². The number of nitrogens with one attached hydrogen (secondary N) is 1. The van der Waals surface area contributed by atoms with Crippen molar-refractivity contribution in [3.05, 3.63) is 45.4 Å². The molecule has 170 valence electrons. The highest BCUT2D eigenvalue weighted by atomic mass is 35.5. The van der Waals surface area contributed by atoms with Gasteiger partial charge in [0.25, 0.3) is 5.91 Å². The number of carbonyl (C=O) groups is 2. The average molecular weight is 499 g/mol. The maximum absolute atomic E-state index is 13.1. The van der Waals surface area contributed by atoms with Gasteiger partial charge in [-0.15, -0.1) is 10.2 Å². The minimum atomic E-state index is -0.452. The third kappa shape index (κ3) is 5.75. The first-order valence-corrected chi connectivity index (χ1v) is 11.4. The van der Waals surface area contributed by atoms with Crippen LogP contribution in [-0.2, 0) is 18.4 Å². The lowest BCUT2D eigenvalue weighted by Gasteiger charge is -2.08. The molecule has 2 aromatic heterocycles. The van der Waals surface area contributed by atoms with Crippen molar-refractivity contribution < 1.29 is 18.7 Å². The number of anilines is 1. The van der Waals surface area contributed by atoms with E-state index in [1.165, 1.54) is 28.8 Å². The first-order valence-electron chi connectivity index (χ1n) is 9.23. The molecular weight excluding hydrogens is 479 g/mol. The van der Waals surface area contributed by atoms with Gasteiger partial charge in [0, 0.05) is 21.1 Å². The van der Waals surface area contributed by atoms with Crippen LogP contribution >= 0.6 is 34.7 Å². The molecule has 0 aliphatic heterocycles. The van der Waals surface area contributed by atoms with Crippen molar-refractivity contribution >= 4 is 51.6 Å². The Balaban J connectivity index is 1.55. The number of benzene rings is 1. The Kier molecular flexibility index (Phi) is 7.69. The molecule has 0 fully saturated rings. The number of carbonyl (C=O) groups excluding carboxylic acids is 2. The Bertz CT molecular complexity index is 1150. The summed E-state index contributed by atoms with van der Waals surface area (Å²) in [6.07, 6.45) is 0. The number of aromatic nitrogens is 4. The molecule has 0 aliphatic carbocycles. The molecule has 32 heavy (non-hydrogen) atoms. The summed E-state index contributed by atoms with van der Waals surface area (Å²) in [6, 6.07) is 3.85. The smallest absolute Gasteiger partial charge is 0.265 e. The van der Waals surface area contributed by atoms with Crippen LogP contribution in [0.5, 0.6) is 5.75 Å². The predicted molar refractivity (Wildman–Crippen MR) is 121 cm³/mol. The van der Waals surface area contributed by atoms with E-state index in [4.69, 9.17) is 16.3 Å². The van der Waals surface area contributed by atoms with E-state index in [0.717, 1.165) is 17.4 Å². The van der Waals surface area contributed by atoms with Crippen LogP contribution in [0, 0.1) is 12.7 Å². The number of halogens is 2. The zero-order chi connectivity index (χ0) is 23.4. The van der Waals surface area contributed by atoms with Gasteiger partial charge in [-0.3, -0.25) is 9.59 Å². The lowest BCUT2D eigenvalue weighted by atomic mass is 10.3. The highest BCUT2D eigenvalue weighted by molar-refractivity contribution is 7.99. The van der Waals surface area contributed by atoms with Crippen molar-refractivity contribution in [3.8, 4) is 5.75 Å². The lowest BCUT2D eigenvalue weighted by molar-refractivity contribution is -0.113. The van der Waals surface area contributed by atoms with Crippen LogP contribution in [0.15, 0.2) is 23.4 Å². The fourth-order valence-corrected chi connectivity index (χ4v) is 4.42. The second-order valence-corrected chi connectivity index (χ2v) is 9.14. The van der Waals surface area contributed by atoms with E-state index in [2.05, 4.69) is 20.5 Å². The average Bonchev–Trinajstić information content (AvgIpc) is 3.27. The molecule has 0 aliphatic rings. The highest BCUT2D eigenvalue weighted by Gasteiger charge is 2.19. The van der Waals surface area contributed by atoms with Crippen LogP contribution in [0.2, 0.25) is 5.02 Å². The van der Waals surface area contributed by atoms with E-state index in [1.807, 2.05) is 0 Å². The van der Waals surface area contributed by atoms with Crippen molar-refractivity contribution in [2.24, 2.45) is 7.05 Å². The molecule has 3 aromatic rings. The molecule has 9 nitrogen and oxygen atoms in total. The van der Waals surface area contributed by atoms with Crippen LogP contribution in [0.25, 0.3) is 0 Å². The maximum Gasteiger partial charge on any atom is 0.265 e. The summed E-state index contributed by atoms with van der Waals surface area (Å²) >= 11 is 8.28. The van der Waals surface area contributed by atoms with Crippen molar-refractivity contribution in [1.82, 2.24) is 24.6 Å². The molecule has 0 unspecified atom stereocenters. The summed E-state index contributed by atoms with van der Waals surface area (Å²) in [7, 11) is 5.06. The Morgan fingerprint density at radius 3 is 2.78 bits per heavy atom. The minimum Gasteiger partial charge on any atom is -0.484 e. The number of rotatable bonds is 8. The van der Waals surface area contributed by atoms with Crippen LogP contribution in [0.1, 0.15) is 21.2 Å². The number of aryl methyl sites for hydroxylation is 1. The number of hydrogen-bond donors (Lipinski definition) is 1. The number of amides is 2. The van der Waals surface area contributed by atoms with Gasteiger partial charge in [0.1, 0.15) is 23.1 Å². The number of ether oxygens (including phenoxy) is 1. The van der Waals surface area contributed by atoms with E-state index in [1.54, 1.807) is 32.6 Å². The number of nitrogens with zero attached hydrogens (tertiary/aromatic N) is 5. The van der Waals surface area contributed by atoms with Crippen LogP contribution in [0.4, 0.5) is 9.52 Å². The van der Waals surface area contributed by atoms with Crippen LogP contribution in [0.3, 0.4) is 0 Å². The largest absolute Gasteiger partial charge is 0.484 e. The first-order chi connectivity index (χ1) is 15.2. The molecule has 0 saturated heterocycles. The lowest BCUT2D eigenvalue weighted by Crippen LogP contribution is -2.21. The fourth-order valence-electron chi connectivity index (χ4n) is 2.47. The third-order valence-electron chi connectivity index (χ3n) is 4.15. The summed E-state index contributed by atoms with van der Waals surface area (Å²) < 4.78 is 20.4. The zero-order valence-corrected chi connectivity index (χ0v) is 20.1. The number of hydrogen-bond acceptors (Lipinski definition) is 8. The van der Waals surface area contributed by atoms with Gasteiger partial charge < -0.3 is 19.5 Å². The summed E-state index contributed by atoms with van der Waals surface area (Å²) in [5, 5.41) is 11.9. The van der Waals surface area contributed by atoms with E-state index >= 15 is 0 Å². The van der Waals surface area contributed by atoms with Gasteiger partial charge in [0.05, 0.1) is 16.5 Å². The SMILES string of the molecule is Cc1nc(NC(=O)CSc2nnc(COc3ccc(F)cc3Cl)n2C)sc1C(=O)N(C)C. The van der Waals surface area contributed by atoms with Gasteiger partial charge in [0.2, 0.25) is 5.91 Å². The molecule has 2 amide bonds. The Morgan fingerprint density at radius 2 is 2.09 bits per heavy atom. The molecule has 0 spiro atoms. The quantitative estimate of drug-likeness (QED) is 0.475. The summed E-state index contributed by atoms with van der Waals surface area (Å²) in [4.78, 5) is 30.6. The summed E-state index contributed by atoms with van der Waals surface area (Å²) in [5.41, 5.74) is 0.566. The topological polar surface area (TPSA) is 102 Å². The Hall–Kier alpha value is -2.70. The van der Waals surface area contributed by atoms with Gasteiger partial charge in [0.15, 0.2) is 16.1 Å². The van der Waals surface area contributed by atoms with E-state index in [9.17, 15) is 14.0 Å². The first kappa shape index (κ1) is 24.0. The molecule has 0 bridgehead atoms. The standard InChI is InChI=1S/C19H20ClFN6O3S2/c1-10-16(17(29)26(2)3)32-18(22-10)23-15(28)9-31-19-25-24-14(27(19)4)8-30-13-6-5-11(21)7-12(13)20/h5-7H,8-9H2,1-4H3,(H,22,23,28). The minimum absolute atomic E-state index is 0.0721.